The lowest BCUT2D eigenvalue weighted by molar-refractivity contribution is 0.0945. The number of aliphatic hydroxyl groups excluding tert-OH is 1. The maximum absolute atomic E-state index is 11.3. The second-order valence-electron chi connectivity index (χ2n) is 2.71. The van der Waals surface area contributed by atoms with Gasteiger partial charge in [-0.05, 0) is 12.5 Å². The standard InChI is InChI=1S/C8H13N3O2/c1-11-5-3-7(10-11)8(13)9-4-2-6-12/h3,5,12H,2,4,6H2,1H3,(H,9,13). The molecule has 0 fully saturated rings. The fourth-order valence-electron chi connectivity index (χ4n) is 0.908. The molecule has 1 heterocycles. The number of carbonyl (C=O) groups excluding carboxylic acids is 1. The van der Waals surface area contributed by atoms with E-state index in [4.69, 9.17) is 5.11 Å². The van der Waals surface area contributed by atoms with Crippen molar-refractivity contribution in [3.63, 3.8) is 0 Å². The Kier molecular flexibility index (Phi) is 3.45. The van der Waals surface area contributed by atoms with Crippen molar-refractivity contribution >= 4 is 5.91 Å². The van der Waals surface area contributed by atoms with Crippen LogP contribution in [0.1, 0.15) is 16.9 Å². The number of carbonyl (C=O) groups is 1. The predicted molar refractivity (Wildman–Crippen MR) is 47.2 cm³/mol. The molecule has 1 amide bonds. The van der Waals surface area contributed by atoms with Gasteiger partial charge in [0.2, 0.25) is 0 Å². The summed E-state index contributed by atoms with van der Waals surface area (Å²) in [6.45, 7) is 0.564. The van der Waals surface area contributed by atoms with Crippen LogP contribution < -0.4 is 5.32 Å². The third kappa shape index (κ3) is 2.87. The van der Waals surface area contributed by atoms with Crippen molar-refractivity contribution in [2.24, 2.45) is 7.05 Å². The van der Waals surface area contributed by atoms with E-state index >= 15 is 0 Å². The normalized spacial score (nSPS) is 10.0. The van der Waals surface area contributed by atoms with Gasteiger partial charge in [0, 0.05) is 26.4 Å². The molecule has 0 aliphatic carbocycles. The van der Waals surface area contributed by atoms with Crippen LogP contribution in [0.4, 0.5) is 0 Å². The molecule has 2 N–H and O–H groups in total. The molecule has 0 spiro atoms. The maximum Gasteiger partial charge on any atom is 0.271 e. The number of aliphatic hydroxyl groups is 1. The minimum atomic E-state index is -0.200. The van der Waals surface area contributed by atoms with Gasteiger partial charge in [-0.3, -0.25) is 9.48 Å². The molecule has 0 aliphatic heterocycles. The first-order chi connectivity index (χ1) is 6.24. The van der Waals surface area contributed by atoms with Gasteiger partial charge in [0.15, 0.2) is 0 Å². The van der Waals surface area contributed by atoms with E-state index in [1.165, 1.54) is 0 Å². The Balaban J connectivity index is 2.40. The Morgan fingerprint density at radius 3 is 3.08 bits per heavy atom. The second kappa shape index (κ2) is 4.61. The molecule has 1 rings (SSSR count). The third-order valence-corrected chi connectivity index (χ3v) is 1.57. The van der Waals surface area contributed by atoms with Crippen molar-refractivity contribution in [3.8, 4) is 0 Å². The van der Waals surface area contributed by atoms with Crippen LogP contribution >= 0.6 is 0 Å². The monoisotopic (exact) mass is 183 g/mol. The van der Waals surface area contributed by atoms with E-state index in [0.29, 0.717) is 18.7 Å². The van der Waals surface area contributed by atoms with Crippen LogP contribution in [0.25, 0.3) is 0 Å². The summed E-state index contributed by atoms with van der Waals surface area (Å²) in [5, 5.41) is 15.1. The van der Waals surface area contributed by atoms with Gasteiger partial charge < -0.3 is 10.4 Å². The largest absolute Gasteiger partial charge is 0.396 e. The van der Waals surface area contributed by atoms with Gasteiger partial charge in [0.25, 0.3) is 5.91 Å². The minimum Gasteiger partial charge on any atom is -0.396 e. The zero-order valence-corrected chi connectivity index (χ0v) is 7.53. The molecule has 5 heteroatoms. The molecule has 0 atom stereocenters. The average Bonchev–Trinajstić information content (AvgIpc) is 2.52. The van der Waals surface area contributed by atoms with E-state index in [1.807, 2.05) is 0 Å². The molecule has 0 aromatic carbocycles. The van der Waals surface area contributed by atoms with E-state index in [-0.39, 0.29) is 12.5 Å². The maximum atomic E-state index is 11.3. The molecule has 0 unspecified atom stereocenters. The van der Waals surface area contributed by atoms with Gasteiger partial charge in [-0.15, -0.1) is 0 Å². The summed E-state index contributed by atoms with van der Waals surface area (Å²) in [5.41, 5.74) is 0.403. The zero-order chi connectivity index (χ0) is 9.68. The van der Waals surface area contributed by atoms with E-state index in [9.17, 15) is 4.79 Å². The highest BCUT2D eigenvalue weighted by Gasteiger charge is 2.06. The van der Waals surface area contributed by atoms with Crippen molar-refractivity contribution in [1.82, 2.24) is 15.1 Å². The number of aromatic nitrogens is 2. The lowest BCUT2D eigenvalue weighted by Gasteiger charge is -1.99. The summed E-state index contributed by atoms with van der Waals surface area (Å²) in [6, 6.07) is 1.65. The summed E-state index contributed by atoms with van der Waals surface area (Å²) in [5.74, 6) is -0.200. The number of aryl methyl sites for hydroxylation is 1. The smallest absolute Gasteiger partial charge is 0.271 e. The number of nitrogens with zero attached hydrogens (tertiary/aromatic N) is 2. The number of hydrogen-bond acceptors (Lipinski definition) is 3. The highest BCUT2D eigenvalue weighted by molar-refractivity contribution is 5.92. The van der Waals surface area contributed by atoms with Crippen molar-refractivity contribution in [1.29, 1.82) is 0 Å². The summed E-state index contributed by atoms with van der Waals surface area (Å²) >= 11 is 0. The zero-order valence-electron chi connectivity index (χ0n) is 7.53. The molecule has 5 nitrogen and oxygen atoms in total. The van der Waals surface area contributed by atoms with Crippen LogP contribution in [-0.4, -0.2) is 33.9 Å². The number of hydrogen-bond donors (Lipinski definition) is 2. The second-order valence-corrected chi connectivity index (χ2v) is 2.71. The van der Waals surface area contributed by atoms with Crippen molar-refractivity contribution in [3.05, 3.63) is 18.0 Å². The molecule has 0 saturated heterocycles. The molecule has 1 aromatic rings. The van der Waals surface area contributed by atoms with Crippen LogP contribution in [0.5, 0.6) is 0 Å². The van der Waals surface area contributed by atoms with Gasteiger partial charge in [-0.2, -0.15) is 5.10 Å². The minimum absolute atomic E-state index is 0.0858. The van der Waals surface area contributed by atoms with E-state index in [2.05, 4.69) is 10.4 Å². The number of rotatable bonds is 4. The molecule has 0 bridgehead atoms. The molecule has 1 aromatic heterocycles. The quantitative estimate of drug-likeness (QED) is 0.620. The molecule has 0 saturated carbocycles. The lowest BCUT2D eigenvalue weighted by Crippen LogP contribution is -2.25. The van der Waals surface area contributed by atoms with Crippen LogP contribution in [0, 0.1) is 0 Å². The molecule has 13 heavy (non-hydrogen) atoms. The topological polar surface area (TPSA) is 67.2 Å². The van der Waals surface area contributed by atoms with E-state index in [0.717, 1.165) is 0 Å². The summed E-state index contributed by atoms with van der Waals surface area (Å²) in [7, 11) is 1.75. The number of nitrogens with one attached hydrogen (secondary N) is 1. The Morgan fingerprint density at radius 1 is 1.77 bits per heavy atom. The van der Waals surface area contributed by atoms with Gasteiger partial charge in [-0.25, -0.2) is 0 Å². The van der Waals surface area contributed by atoms with Crippen molar-refractivity contribution < 1.29 is 9.90 Å². The molecule has 72 valence electrons. The fraction of sp³-hybridized carbons (Fsp3) is 0.500. The van der Waals surface area contributed by atoms with E-state index in [1.54, 1.807) is 24.0 Å². The molecule has 0 aliphatic rings. The molecule has 0 radical (unpaired) electrons. The van der Waals surface area contributed by atoms with Crippen molar-refractivity contribution in [2.75, 3.05) is 13.2 Å². The SMILES string of the molecule is Cn1ccc(C(=O)NCCCO)n1. The summed E-state index contributed by atoms with van der Waals surface area (Å²) < 4.78 is 1.57. The highest BCUT2D eigenvalue weighted by atomic mass is 16.3. The average molecular weight is 183 g/mol. The Bertz CT molecular complexity index is 283. The van der Waals surface area contributed by atoms with Gasteiger partial charge in [-0.1, -0.05) is 0 Å². The van der Waals surface area contributed by atoms with Gasteiger partial charge >= 0.3 is 0 Å². The first-order valence-corrected chi connectivity index (χ1v) is 4.12. The Labute approximate surface area is 76.4 Å². The van der Waals surface area contributed by atoms with Gasteiger partial charge in [0.05, 0.1) is 0 Å². The van der Waals surface area contributed by atoms with Gasteiger partial charge in [0.1, 0.15) is 5.69 Å². The predicted octanol–water partition coefficient (Wildman–Crippen LogP) is -0.468. The molecular weight excluding hydrogens is 170 g/mol. The van der Waals surface area contributed by atoms with Crippen LogP contribution in [0.15, 0.2) is 12.3 Å². The fourth-order valence-corrected chi connectivity index (χ4v) is 0.908. The Morgan fingerprint density at radius 2 is 2.54 bits per heavy atom. The Hall–Kier alpha value is -1.36. The first-order valence-electron chi connectivity index (χ1n) is 4.12. The van der Waals surface area contributed by atoms with Crippen LogP contribution in [0.2, 0.25) is 0 Å². The molecular formula is C8H13N3O2. The third-order valence-electron chi connectivity index (χ3n) is 1.57. The van der Waals surface area contributed by atoms with Crippen LogP contribution in [0.3, 0.4) is 0 Å². The lowest BCUT2D eigenvalue weighted by atomic mass is 10.4. The highest BCUT2D eigenvalue weighted by Crippen LogP contribution is 1.93. The number of amides is 1. The summed E-state index contributed by atoms with van der Waals surface area (Å²) in [4.78, 5) is 11.3. The van der Waals surface area contributed by atoms with E-state index < -0.39 is 0 Å². The first kappa shape index (κ1) is 9.73. The summed E-state index contributed by atoms with van der Waals surface area (Å²) in [6.07, 6.45) is 2.28. The van der Waals surface area contributed by atoms with Crippen molar-refractivity contribution in [2.45, 2.75) is 6.42 Å². The van der Waals surface area contributed by atoms with Crippen LogP contribution in [-0.2, 0) is 7.05 Å².